The average Bonchev–Trinajstić information content (AvgIpc) is 3.35. The zero-order valence-electron chi connectivity index (χ0n) is 17.5. The summed E-state index contributed by atoms with van der Waals surface area (Å²) in [6.45, 7) is 0. The van der Waals surface area contributed by atoms with Gasteiger partial charge in [-0.3, -0.25) is 9.36 Å². The Morgan fingerprint density at radius 2 is 1.50 bits per heavy atom. The number of hydrogen-bond donors (Lipinski definition) is 0. The summed E-state index contributed by atoms with van der Waals surface area (Å²) in [5.74, 6) is 1.93. The highest BCUT2D eigenvalue weighted by atomic mass is 16.5. The lowest BCUT2D eigenvalue weighted by atomic mass is 10.1. The first-order valence-electron chi connectivity index (χ1n) is 9.95. The monoisotopic (exact) mass is 425 g/mol. The summed E-state index contributed by atoms with van der Waals surface area (Å²) in [6.07, 6.45) is 1.74. The molecule has 5 rings (SSSR count). The Morgan fingerprint density at radius 1 is 0.844 bits per heavy atom. The summed E-state index contributed by atoms with van der Waals surface area (Å²) in [7, 11) is 3.16. The first kappa shape index (κ1) is 19.6. The molecule has 7 nitrogen and oxygen atoms in total. The van der Waals surface area contributed by atoms with E-state index in [0.29, 0.717) is 39.7 Å². The Hall–Kier alpha value is -4.39. The second kappa shape index (κ2) is 8.03. The molecule has 0 saturated carbocycles. The number of para-hydroxylation sites is 1. The number of pyridine rings is 1. The van der Waals surface area contributed by atoms with Crippen molar-refractivity contribution in [3.63, 3.8) is 0 Å². The molecule has 0 spiro atoms. The molecule has 2 aromatic heterocycles. The Bertz CT molecular complexity index is 1450. The molecule has 0 aliphatic carbocycles. The second-order valence-electron chi connectivity index (χ2n) is 7.12. The van der Waals surface area contributed by atoms with E-state index in [1.807, 2.05) is 48.5 Å². The molecule has 5 aromatic rings. The Balaban J connectivity index is 1.69. The van der Waals surface area contributed by atoms with Crippen molar-refractivity contribution in [2.45, 2.75) is 0 Å². The zero-order valence-corrected chi connectivity index (χ0v) is 17.5. The highest BCUT2D eigenvalue weighted by Gasteiger charge is 2.18. The summed E-state index contributed by atoms with van der Waals surface area (Å²) in [6, 6.07) is 22.2. The minimum Gasteiger partial charge on any atom is -0.497 e. The third-order valence-electron chi connectivity index (χ3n) is 5.23. The molecule has 32 heavy (non-hydrogen) atoms. The van der Waals surface area contributed by atoms with E-state index in [1.165, 1.54) is 0 Å². The van der Waals surface area contributed by atoms with E-state index in [9.17, 15) is 4.79 Å². The summed E-state index contributed by atoms with van der Waals surface area (Å²) >= 11 is 0. The van der Waals surface area contributed by atoms with E-state index in [0.717, 1.165) is 11.1 Å². The van der Waals surface area contributed by atoms with Crippen LogP contribution in [0.3, 0.4) is 0 Å². The molecule has 7 heteroatoms. The van der Waals surface area contributed by atoms with Gasteiger partial charge in [0, 0.05) is 34.3 Å². The molecule has 158 valence electrons. The van der Waals surface area contributed by atoms with Gasteiger partial charge in [-0.15, -0.1) is 0 Å². The van der Waals surface area contributed by atoms with Crippen LogP contribution in [0, 0.1) is 0 Å². The van der Waals surface area contributed by atoms with Crippen molar-refractivity contribution < 1.29 is 14.0 Å². The highest BCUT2D eigenvalue weighted by Crippen LogP contribution is 2.31. The van der Waals surface area contributed by atoms with Gasteiger partial charge in [0.1, 0.15) is 11.5 Å². The van der Waals surface area contributed by atoms with Crippen molar-refractivity contribution in [2.75, 3.05) is 14.2 Å². The van der Waals surface area contributed by atoms with Gasteiger partial charge in [0.15, 0.2) is 0 Å². The van der Waals surface area contributed by atoms with Crippen LogP contribution in [-0.4, -0.2) is 28.9 Å². The molecule has 0 amide bonds. The quantitative estimate of drug-likeness (QED) is 0.405. The maximum Gasteiger partial charge on any atom is 0.262 e. The van der Waals surface area contributed by atoms with E-state index in [-0.39, 0.29) is 5.56 Å². The number of hydrogen-bond acceptors (Lipinski definition) is 6. The van der Waals surface area contributed by atoms with Crippen molar-refractivity contribution in [3.05, 3.63) is 89.3 Å². The van der Waals surface area contributed by atoms with Gasteiger partial charge < -0.3 is 14.0 Å². The van der Waals surface area contributed by atoms with Crippen LogP contribution in [-0.2, 0) is 0 Å². The van der Waals surface area contributed by atoms with Crippen LogP contribution >= 0.6 is 0 Å². The van der Waals surface area contributed by atoms with Crippen molar-refractivity contribution in [2.24, 2.45) is 0 Å². The number of methoxy groups -OCH3 is 2. The number of ether oxygens (including phenoxy) is 2. The third kappa shape index (κ3) is 3.39. The summed E-state index contributed by atoms with van der Waals surface area (Å²) in [4.78, 5) is 17.8. The minimum atomic E-state index is -0.118. The maximum absolute atomic E-state index is 13.1. The van der Waals surface area contributed by atoms with E-state index in [4.69, 9.17) is 14.0 Å². The SMILES string of the molecule is COc1cc(OC)cc(-c2noc(-c3cn(-c4ccccc4)c(=O)c4ccccc34)n2)c1. The van der Waals surface area contributed by atoms with E-state index >= 15 is 0 Å². The molecule has 0 aliphatic rings. The molecule has 0 unspecified atom stereocenters. The van der Waals surface area contributed by atoms with Gasteiger partial charge in [-0.25, -0.2) is 0 Å². The van der Waals surface area contributed by atoms with Crippen LogP contribution in [0.1, 0.15) is 0 Å². The lowest BCUT2D eigenvalue weighted by molar-refractivity contribution is 0.394. The van der Waals surface area contributed by atoms with Crippen LogP contribution in [0.4, 0.5) is 0 Å². The zero-order chi connectivity index (χ0) is 22.1. The fourth-order valence-corrected chi connectivity index (χ4v) is 3.63. The van der Waals surface area contributed by atoms with Gasteiger partial charge in [-0.1, -0.05) is 41.6 Å². The number of benzene rings is 3. The number of nitrogens with zero attached hydrogens (tertiary/aromatic N) is 3. The third-order valence-corrected chi connectivity index (χ3v) is 5.23. The summed E-state index contributed by atoms with van der Waals surface area (Å²) < 4.78 is 17.9. The van der Waals surface area contributed by atoms with Gasteiger partial charge in [-0.05, 0) is 30.3 Å². The molecule has 0 aliphatic heterocycles. The van der Waals surface area contributed by atoms with Gasteiger partial charge in [0.05, 0.1) is 19.8 Å². The van der Waals surface area contributed by atoms with E-state index in [2.05, 4.69) is 10.1 Å². The van der Waals surface area contributed by atoms with Crippen LogP contribution in [0.5, 0.6) is 11.5 Å². The van der Waals surface area contributed by atoms with Crippen molar-refractivity contribution in [1.29, 1.82) is 0 Å². The predicted molar refractivity (Wildman–Crippen MR) is 121 cm³/mol. The summed E-state index contributed by atoms with van der Waals surface area (Å²) in [5, 5.41) is 5.47. The Kier molecular flexibility index (Phi) is 4.91. The van der Waals surface area contributed by atoms with Crippen LogP contribution in [0.25, 0.3) is 39.3 Å². The average molecular weight is 425 g/mol. The predicted octanol–water partition coefficient (Wildman–Crippen LogP) is 4.72. The van der Waals surface area contributed by atoms with Gasteiger partial charge in [-0.2, -0.15) is 4.98 Å². The van der Waals surface area contributed by atoms with E-state index < -0.39 is 0 Å². The van der Waals surface area contributed by atoms with Crippen molar-refractivity contribution in [1.82, 2.24) is 14.7 Å². The molecular formula is C25H19N3O4. The molecule has 2 heterocycles. The minimum absolute atomic E-state index is 0.118. The first-order valence-corrected chi connectivity index (χ1v) is 9.95. The molecule has 0 saturated heterocycles. The van der Waals surface area contributed by atoms with Gasteiger partial charge in [0.2, 0.25) is 5.82 Å². The molecule has 0 fully saturated rings. The maximum atomic E-state index is 13.1. The Labute approximate surface area is 183 Å². The van der Waals surface area contributed by atoms with Crippen LogP contribution in [0.2, 0.25) is 0 Å². The normalized spacial score (nSPS) is 10.9. The molecule has 0 radical (unpaired) electrons. The van der Waals surface area contributed by atoms with E-state index in [1.54, 1.807) is 49.2 Å². The topological polar surface area (TPSA) is 79.4 Å². The molecule has 0 bridgehead atoms. The Morgan fingerprint density at radius 3 is 2.19 bits per heavy atom. The largest absolute Gasteiger partial charge is 0.497 e. The lowest BCUT2D eigenvalue weighted by Crippen LogP contribution is -2.18. The first-order chi connectivity index (χ1) is 15.7. The fourth-order valence-electron chi connectivity index (χ4n) is 3.63. The standard InChI is InChI=1S/C25H19N3O4/c1-30-18-12-16(13-19(14-18)31-2)23-26-24(32-27-23)22-15-28(17-8-4-3-5-9-17)25(29)21-11-7-6-10-20(21)22/h3-15H,1-2H3. The summed E-state index contributed by atoms with van der Waals surface area (Å²) in [5.41, 5.74) is 1.99. The number of fused-ring (bicyclic) bond motifs is 1. The number of aromatic nitrogens is 3. The van der Waals surface area contributed by atoms with Crippen molar-refractivity contribution in [3.8, 4) is 40.0 Å². The van der Waals surface area contributed by atoms with Crippen molar-refractivity contribution >= 4 is 10.8 Å². The second-order valence-corrected chi connectivity index (χ2v) is 7.12. The fraction of sp³-hybridized carbons (Fsp3) is 0.0800. The lowest BCUT2D eigenvalue weighted by Gasteiger charge is -2.10. The smallest absolute Gasteiger partial charge is 0.262 e. The van der Waals surface area contributed by atoms with Crippen LogP contribution < -0.4 is 15.0 Å². The highest BCUT2D eigenvalue weighted by molar-refractivity contribution is 5.94. The molecular weight excluding hydrogens is 406 g/mol. The molecule has 3 aromatic carbocycles. The molecule has 0 atom stereocenters. The van der Waals surface area contributed by atoms with Crippen LogP contribution in [0.15, 0.2) is 88.3 Å². The van der Waals surface area contributed by atoms with Gasteiger partial charge >= 0.3 is 0 Å². The molecule has 0 N–H and O–H groups in total. The number of rotatable bonds is 5. The van der Waals surface area contributed by atoms with Gasteiger partial charge in [0.25, 0.3) is 11.4 Å².